The zero-order valence-corrected chi connectivity index (χ0v) is 13.7. The van der Waals surface area contributed by atoms with Crippen molar-refractivity contribution in [1.82, 2.24) is 0 Å². The van der Waals surface area contributed by atoms with Crippen LogP contribution in [0.2, 0.25) is 0 Å². The van der Waals surface area contributed by atoms with E-state index in [0.717, 1.165) is 5.56 Å². The molecule has 1 N–H and O–H groups in total. The number of anilines is 1. The molecule has 1 aliphatic heterocycles. The van der Waals surface area contributed by atoms with Gasteiger partial charge >= 0.3 is 0 Å². The molecule has 0 aliphatic carbocycles. The summed E-state index contributed by atoms with van der Waals surface area (Å²) in [6.45, 7) is 3.61. The second-order valence-electron chi connectivity index (χ2n) is 5.84. The van der Waals surface area contributed by atoms with E-state index >= 15 is 0 Å². The van der Waals surface area contributed by atoms with Crippen LogP contribution in [0, 0.1) is 6.92 Å². The summed E-state index contributed by atoms with van der Waals surface area (Å²) < 4.78 is 10.6. The fourth-order valence-corrected chi connectivity index (χ4v) is 2.56. The van der Waals surface area contributed by atoms with E-state index in [-0.39, 0.29) is 18.5 Å². The number of Topliss-reactive ketones (excluding diaryl/α,β-unsaturated/α-hetero) is 1. The van der Waals surface area contributed by atoms with Gasteiger partial charge in [-0.25, -0.2) is 0 Å². The minimum absolute atomic E-state index is 0.123. The summed E-state index contributed by atoms with van der Waals surface area (Å²) in [5.41, 5.74) is 3.17. The Morgan fingerprint density at radius 2 is 1.75 bits per heavy atom. The zero-order chi connectivity index (χ0) is 17.1. The van der Waals surface area contributed by atoms with E-state index in [1.807, 2.05) is 31.2 Å². The molecule has 2 aromatic rings. The number of ketones is 1. The molecule has 0 unspecified atom stereocenters. The van der Waals surface area contributed by atoms with Crippen LogP contribution >= 0.6 is 0 Å². The summed E-state index contributed by atoms with van der Waals surface area (Å²) in [6, 6.07) is 11.3. The molecule has 0 saturated heterocycles. The lowest BCUT2D eigenvalue weighted by atomic mass is 10.1. The Balaban J connectivity index is 1.69. The molecule has 0 bridgehead atoms. The van der Waals surface area contributed by atoms with Gasteiger partial charge in [-0.3, -0.25) is 9.59 Å². The molecular weight excluding hydrogens is 306 g/mol. The van der Waals surface area contributed by atoms with Crippen molar-refractivity contribution in [2.45, 2.75) is 26.7 Å². The maximum absolute atomic E-state index is 12.2. The second-order valence-corrected chi connectivity index (χ2v) is 5.84. The lowest BCUT2D eigenvalue weighted by Crippen LogP contribution is -2.14. The average molecular weight is 325 g/mol. The molecule has 3 rings (SSSR count). The number of amides is 1. The molecule has 1 heterocycles. The van der Waals surface area contributed by atoms with Gasteiger partial charge in [-0.05, 0) is 31.9 Å². The first-order valence-electron chi connectivity index (χ1n) is 7.83. The summed E-state index contributed by atoms with van der Waals surface area (Å²) >= 11 is 0. The molecular formula is C19H19NO4. The van der Waals surface area contributed by atoms with Crippen LogP contribution in [0.15, 0.2) is 36.4 Å². The van der Waals surface area contributed by atoms with Crippen molar-refractivity contribution in [3.8, 4) is 11.5 Å². The second kappa shape index (κ2) is 6.74. The highest BCUT2D eigenvalue weighted by molar-refractivity contribution is 6.04. The van der Waals surface area contributed by atoms with Gasteiger partial charge in [-0.15, -0.1) is 0 Å². The number of hydrogen-bond acceptors (Lipinski definition) is 4. The summed E-state index contributed by atoms with van der Waals surface area (Å²) in [4.78, 5) is 24.0. The highest BCUT2D eigenvalue weighted by atomic mass is 16.7. The van der Waals surface area contributed by atoms with Crippen LogP contribution in [0.3, 0.4) is 0 Å². The van der Waals surface area contributed by atoms with Crippen molar-refractivity contribution in [1.29, 1.82) is 0 Å². The zero-order valence-electron chi connectivity index (χ0n) is 13.7. The number of carbonyl (C=O) groups is 2. The lowest BCUT2D eigenvalue weighted by Gasteiger charge is -2.10. The molecule has 2 aromatic carbocycles. The van der Waals surface area contributed by atoms with E-state index in [9.17, 15) is 9.59 Å². The Hall–Kier alpha value is -2.82. The normalized spacial score (nSPS) is 12.1. The number of nitrogens with one attached hydrogen (secondary N) is 1. The Labute approximate surface area is 140 Å². The minimum Gasteiger partial charge on any atom is -0.454 e. The van der Waals surface area contributed by atoms with E-state index in [0.29, 0.717) is 35.6 Å². The fourth-order valence-electron chi connectivity index (χ4n) is 2.56. The van der Waals surface area contributed by atoms with Gasteiger partial charge in [0.05, 0.1) is 5.69 Å². The van der Waals surface area contributed by atoms with Crippen molar-refractivity contribution < 1.29 is 19.1 Å². The van der Waals surface area contributed by atoms with Gasteiger partial charge in [0.25, 0.3) is 0 Å². The number of hydrogen-bond donors (Lipinski definition) is 1. The van der Waals surface area contributed by atoms with E-state index in [1.165, 1.54) is 12.5 Å². The Kier molecular flexibility index (Phi) is 4.51. The van der Waals surface area contributed by atoms with Gasteiger partial charge in [0.1, 0.15) is 0 Å². The maximum atomic E-state index is 12.2. The number of carbonyl (C=O) groups excluding carboxylic acids is 2. The van der Waals surface area contributed by atoms with Gasteiger partial charge in [0.2, 0.25) is 12.7 Å². The molecule has 0 fully saturated rings. The number of fused-ring (bicyclic) bond motifs is 1. The van der Waals surface area contributed by atoms with Crippen molar-refractivity contribution in [2.75, 3.05) is 12.1 Å². The van der Waals surface area contributed by atoms with E-state index in [4.69, 9.17) is 9.47 Å². The fraction of sp³-hybridized carbons (Fsp3) is 0.263. The van der Waals surface area contributed by atoms with Crippen LogP contribution in [0.1, 0.15) is 34.8 Å². The molecule has 0 aromatic heterocycles. The third kappa shape index (κ3) is 3.56. The molecule has 0 spiro atoms. The molecule has 0 atom stereocenters. The van der Waals surface area contributed by atoms with E-state index < -0.39 is 0 Å². The third-order valence-corrected chi connectivity index (χ3v) is 3.93. The quantitative estimate of drug-likeness (QED) is 0.855. The Bertz CT molecular complexity index is 781. The van der Waals surface area contributed by atoms with Crippen molar-refractivity contribution in [2.24, 2.45) is 0 Å². The smallest absolute Gasteiger partial charge is 0.231 e. The monoisotopic (exact) mass is 325 g/mol. The number of aryl methyl sites for hydroxylation is 2. The first-order valence-corrected chi connectivity index (χ1v) is 7.83. The van der Waals surface area contributed by atoms with Gasteiger partial charge in [0.15, 0.2) is 17.3 Å². The van der Waals surface area contributed by atoms with Gasteiger partial charge in [-0.2, -0.15) is 0 Å². The predicted octanol–water partition coefficient (Wildman–Crippen LogP) is 3.50. The van der Waals surface area contributed by atoms with Crippen LogP contribution in [0.25, 0.3) is 0 Å². The number of rotatable bonds is 5. The average Bonchev–Trinajstić information content (AvgIpc) is 3.00. The van der Waals surface area contributed by atoms with Gasteiger partial charge in [0, 0.05) is 18.1 Å². The van der Waals surface area contributed by atoms with Crippen molar-refractivity contribution in [3.63, 3.8) is 0 Å². The molecule has 1 aliphatic rings. The molecule has 124 valence electrons. The third-order valence-electron chi connectivity index (χ3n) is 3.93. The maximum Gasteiger partial charge on any atom is 0.231 e. The summed E-state index contributed by atoms with van der Waals surface area (Å²) in [5.74, 6) is 0.783. The Morgan fingerprint density at radius 3 is 2.42 bits per heavy atom. The van der Waals surface area contributed by atoms with Crippen LogP contribution in [-0.4, -0.2) is 18.5 Å². The minimum atomic E-state index is -0.142. The lowest BCUT2D eigenvalue weighted by molar-refractivity contribution is -0.116. The standard InChI is InChI=1S/C19H19NO4/c1-12-3-5-14(6-4-12)7-8-19(22)20-16-10-18-17(23-11-24-18)9-15(16)13(2)21/h3-6,9-10H,7-8,11H2,1-2H3,(H,20,22). The summed E-state index contributed by atoms with van der Waals surface area (Å²) in [7, 11) is 0. The van der Waals surface area contributed by atoms with Gasteiger partial charge < -0.3 is 14.8 Å². The summed E-state index contributed by atoms with van der Waals surface area (Å²) in [5, 5.41) is 2.81. The van der Waals surface area contributed by atoms with Crippen LogP contribution in [0.4, 0.5) is 5.69 Å². The molecule has 0 saturated carbocycles. The SMILES string of the molecule is CC(=O)c1cc2c(cc1NC(=O)CCc1ccc(C)cc1)OCO2. The molecule has 1 amide bonds. The first kappa shape index (κ1) is 16.1. The highest BCUT2D eigenvalue weighted by Gasteiger charge is 2.20. The topological polar surface area (TPSA) is 64.6 Å². The van der Waals surface area contributed by atoms with Crippen LogP contribution in [-0.2, 0) is 11.2 Å². The molecule has 5 heteroatoms. The summed E-state index contributed by atoms with van der Waals surface area (Å²) in [6.07, 6.45) is 0.987. The van der Waals surface area contributed by atoms with Crippen molar-refractivity contribution in [3.05, 3.63) is 53.1 Å². The van der Waals surface area contributed by atoms with E-state index in [2.05, 4.69) is 5.32 Å². The highest BCUT2D eigenvalue weighted by Crippen LogP contribution is 2.37. The Morgan fingerprint density at radius 1 is 1.08 bits per heavy atom. The molecule has 24 heavy (non-hydrogen) atoms. The predicted molar refractivity (Wildman–Crippen MR) is 90.7 cm³/mol. The van der Waals surface area contributed by atoms with Crippen LogP contribution < -0.4 is 14.8 Å². The van der Waals surface area contributed by atoms with Gasteiger partial charge in [-0.1, -0.05) is 29.8 Å². The molecule has 5 nitrogen and oxygen atoms in total. The first-order chi connectivity index (χ1) is 11.5. The van der Waals surface area contributed by atoms with E-state index in [1.54, 1.807) is 12.1 Å². The largest absolute Gasteiger partial charge is 0.454 e. The molecule has 0 radical (unpaired) electrons. The number of ether oxygens (including phenoxy) is 2. The number of benzene rings is 2. The van der Waals surface area contributed by atoms with Crippen molar-refractivity contribution >= 4 is 17.4 Å². The van der Waals surface area contributed by atoms with Crippen LogP contribution in [0.5, 0.6) is 11.5 Å².